The zero-order chi connectivity index (χ0) is 16.4. The Labute approximate surface area is 145 Å². The number of aliphatic imine (C=N–C) groups is 1. The van der Waals surface area contributed by atoms with Gasteiger partial charge in [0, 0.05) is 35.4 Å². The van der Waals surface area contributed by atoms with Gasteiger partial charge in [-0.05, 0) is 37.0 Å². The fourth-order valence-electron chi connectivity index (χ4n) is 3.10. The topological polar surface area (TPSA) is 73.8 Å². The van der Waals surface area contributed by atoms with E-state index in [1.807, 2.05) is 6.07 Å². The molecule has 1 saturated heterocycles. The Balaban J connectivity index is 1.74. The third-order valence-corrected chi connectivity index (χ3v) is 5.36. The Bertz CT molecular complexity index is 720. The molecular formula is C15H21BrN4O2S. The summed E-state index contributed by atoms with van der Waals surface area (Å²) in [5.74, 6) is 1.32. The first-order valence-electron chi connectivity index (χ1n) is 7.70. The number of nitrogens with zero attached hydrogens (tertiary/aromatic N) is 2. The molecule has 2 heterocycles. The van der Waals surface area contributed by atoms with Gasteiger partial charge in [0.15, 0.2) is 0 Å². The maximum atomic E-state index is 11.3. The highest BCUT2D eigenvalue weighted by Gasteiger charge is 2.26. The molecule has 2 aliphatic heterocycles. The molecule has 1 aromatic carbocycles. The van der Waals surface area contributed by atoms with Gasteiger partial charge in [0.1, 0.15) is 12.5 Å². The molecule has 0 radical (unpaired) electrons. The minimum Gasteiger partial charge on any atom is -0.366 e. The molecule has 3 rings (SSSR count). The molecule has 0 saturated carbocycles. The number of piperidine rings is 1. The van der Waals surface area contributed by atoms with Crippen molar-refractivity contribution in [2.75, 3.05) is 37.9 Å². The molecule has 6 nitrogen and oxygen atoms in total. The van der Waals surface area contributed by atoms with Gasteiger partial charge in [0.05, 0.1) is 6.26 Å². The van der Waals surface area contributed by atoms with Gasteiger partial charge < -0.3 is 10.2 Å². The average Bonchev–Trinajstić information content (AvgIpc) is 2.52. The lowest BCUT2D eigenvalue weighted by Gasteiger charge is -2.36. The van der Waals surface area contributed by atoms with E-state index in [9.17, 15) is 8.42 Å². The first-order valence-corrected chi connectivity index (χ1v) is 10.4. The Morgan fingerprint density at radius 2 is 2.30 bits per heavy atom. The molecule has 0 aromatic heterocycles. The molecule has 8 heteroatoms. The smallest absolute Gasteiger partial charge is 0.208 e. The molecular weight excluding hydrogens is 380 g/mol. The zero-order valence-corrected chi connectivity index (χ0v) is 15.5. The number of halogens is 1. The summed E-state index contributed by atoms with van der Waals surface area (Å²) in [4.78, 5) is 6.93. The molecule has 2 N–H and O–H groups in total. The van der Waals surface area contributed by atoms with Crippen LogP contribution in [0.15, 0.2) is 27.7 Å². The summed E-state index contributed by atoms with van der Waals surface area (Å²) in [5.41, 5.74) is 2.19. The Kier molecular flexibility index (Phi) is 4.93. The van der Waals surface area contributed by atoms with Crippen LogP contribution >= 0.6 is 15.9 Å². The number of rotatable bonds is 3. The fraction of sp³-hybridized carbons (Fsp3) is 0.533. The molecule has 1 atom stereocenters. The largest absolute Gasteiger partial charge is 0.366 e. The first kappa shape index (κ1) is 16.7. The molecule has 0 bridgehead atoms. The molecule has 0 aliphatic carbocycles. The van der Waals surface area contributed by atoms with Gasteiger partial charge in [0.25, 0.3) is 0 Å². The highest BCUT2D eigenvalue weighted by atomic mass is 79.9. The molecule has 0 amide bonds. The normalized spacial score (nSPS) is 21.4. The van der Waals surface area contributed by atoms with Crippen molar-refractivity contribution in [3.63, 3.8) is 0 Å². The summed E-state index contributed by atoms with van der Waals surface area (Å²) in [5, 5.41) is 3.29. The SMILES string of the molecule is CS(=O)(=O)NCC1CCCN(C2=NCNc3ccc(Br)cc32)C1. The molecule has 126 valence electrons. The van der Waals surface area contributed by atoms with Crippen LogP contribution < -0.4 is 10.0 Å². The summed E-state index contributed by atoms with van der Waals surface area (Å²) >= 11 is 3.52. The van der Waals surface area contributed by atoms with Gasteiger partial charge >= 0.3 is 0 Å². The van der Waals surface area contributed by atoms with Crippen molar-refractivity contribution in [2.24, 2.45) is 10.9 Å². The zero-order valence-electron chi connectivity index (χ0n) is 13.0. The Morgan fingerprint density at radius 1 is 1.48 bits per heavy atom. The van der Waals surface area contributed by atoms with Crippen molar-refractivity contribution < 1.29 is 8.42 Å². The van der Waals surface area contributed by atoms with Crippen LogP contribution in [0, 0.1) is 5.92 Å². The van der Waals surface area contributed by atoms with Gasteiger partial charge in [-0.1, -0.05) is 15.9 Å². The van der Waals surface area contributed by atoms with Gasteiger partial charge in [-0.25, -0.2) is 18.1 Å². The number of anilines is 1. The Hall–Kier alpha value is -1.12. The second kappa shape index (κ2) is 6.78. The van der Waals surface area contributed by atoms with E-state index in [-0.39, 0.29) is 0 Å². The number of likely N-dealkylation sites (tertiary alicyclic amines) is 1. The maximum Gasteiger partial charge on any atom is 0.208 e. The number of fused-ring (bicyclic) bond motifs is 1. The van der Waals surface area contributed by atoms with E-state index in [1.54, 1.807) is 0 Å². The van der Waals surface area contributed by atoms with E-state index >= 15 is 0 Å². The number of hydrogen-bond donors (Lipinski definition) is 2. The number of nitrogens with one attached hydrogen (secondary N) is 2. The predicted molar refractivity (Wildman–Crippen MR) is 96.3 cm³/mol. The van der Waals surface area contributed by atoms with Crippen LogP contribution in [0.4, 0.5) is 5.69 Å². The summed E-state index contributed by atoms with van der Waals surface area (Å²) in [6.07, 6.45) is 3.29. The van der Waals surface area contributed by atoms with Crippen LogP contribution in [0.3, 0.4) is 0 Å². The summed E-state index contributed by atoms with van der Waals surface area (Å²) in [6.45, 7) is 2.85. The fourth-order valence-corrected chi connectivity index (χ4v) is 4.00. The van der Waals surface area contributed by atoms with Gasteiger partial charge in [-0.3, -0.25) is 0 Å². The summed E-state index contributed by atoms with van der Waals surface area (Å²) in [6, 6.07) is 6.16. The van der Waals surface area contributed by atoms with E-state index in [2.05, 4.69) is 48.0 Å². The van der Waals surface area contributed by atoms with Crippen LogP contribution in [0.2, 0.25) is 0 Å². The minimum absolute atomic E-state index is 0.312. The van der Waals surface area contributed by atoms with Crippen molar-refractivity contribution in [2.45, 2.75) is 12.8 Å². The van der Waals surface area contributed by atoms with E-state index in [0.717, 1.165) is 47.5 Å². The number of sulfonamides is 1. The third kappa shape index (κ3) is 4.24. The molecule has 1 fully saturated rings. The quantitative estimate of drug-likeness (QED) is 0.811. The lowest BCUT2D eigenvalue weighted by molar-refractivity contribution is 0.259. The predicted octanol–water partition coefficient (Wildman–Crippen LogP) is 1.84. The van der Waals surface area contributed by atoms with Crippen molar-refractivity contribution in [3.05, 3.63) is 28.2 Å². The third-order valence-electron chi connectivity index (χ3n) is 4.17. The molecule has 1 unspecified atom stereocenters. The molecule has 23 heavy (non-hydrogen) atoms. The number of benzene rings is 1. The monoisotopic (exact) mass is 400 g/mol. The maximum absolute atomic E-state index is 11.3. The van der Waals surface area contributed by atoms with Gasteiger partial charge in [0.2, 0.25) is 10.0 Å². The van der Waals surface area contributed by atoms with E-state index in [4.69, 9.17) is 0 Å². The van der Waals surface area contributed by atoms with Crippen LogP contribution in [-0.2, 0) is 10.0 Å². The summed E-state index contributed by atoms with van der Waals surface area (Å²) < 4.78 is 26.2. The van der Waals surface area contributed by atoms with Crippen molar-refractivity contribution in [1.82, 2.24) is 9.62 Å². The van der Waals surface area contributed by atoms with Crippen molar-refractivity contribution in [3.8, 4) is 0 Å². The van der Waals surface area contributed by atoms with Crippen LogP contribution in [0.25, 0.3) is 0 Å². The average molecular weight is 401 g/mol. The number of hydrogen-bond acceptors (Lipinski definition) is 5. The van der Waals surface area contributed by atoms with Crippen molar-refractivity contribution in [1.29, 1.82) is 0 Å². The standard InChI is InChI=1S/C15H21BrN4O2S/c1-23(21,22)19-8-11-3-2-6-20(9-11)15-13-7-12(16)4-5-14(13)17-10-18-15/h4-5,7,11,17,19H,2-3,6,8-10H2,1H3. The Morgan fingerprint density at radius 3 is 3.09 bits per heavy atom. The minimum atomic E-state index is -3.14. The second-order valence-electron chi connectivity index (χ2n) is 6.08. The van der Waals surface area contributed by atoms with Gasteiger partial charge in [-0.15, -0.1) is 0 Å². The lowest BCUT2D eigenvalue weighted by atomic mass is 9.97. The molecule has 1 aromatic rings. The van der Waals surface area contributed by atoms with Gasteiger partial charge in [-0.2, -0.15) is 0 Å². The molecule has 0 spiro atoms. The van der Waals surface area contributed by atoms with Crippen LogP contribution in [-0.4, -0.2) is 51.7 Å². The van der Waals surface area contributed by atoms with E-state index in [1.165, 1.54) is 6.26 Å². The van der Waals surface area contributed by atoms with E-state index in [0.29, 0.717) is 19.1 Å². The highest BCUT2D eigenvalue weighted by molar-refractivity contribution is 9.10. The second-order valence-corrected chi connectivity index (χ2v) is 8.83. The van der Waals surface area contributed by atoms with Crippen molar-refractivity contribution >= 4 is 37.5 Å². The molecule has 2 aliphatic rings. The highest BCUT2D eigenvalue weighted by Crippen LogP contribution is 2.27. The first-order chi connectivity index (χ1) is 10.9. The number of amidine groups is 1. The van der Waals surface area contributed by atoms with Crippen LogP contribution in [0.5, 0.6) is 0 Å². The summed E-state index contributed by atoms with van der Waals surface area (Å²) in [7, 11) is -3.14. The van der Waals surface area contributed by atoms with Crippen LogP contribution in [0.1, 0.15) is 18.4 Å². The van der Waals surface area contributed by atoms with E-state index < -0.39 is 10.0 Å². The lowest BCUT2D eigenvalue weighted by Crippen LogP contribution is -2.45.